The molecule has 3 aromatic carbocycles. The number of halogens is 1. The van der Waals surface area contributed by atoms with Crippen LogP contribution in [0, 0.1) is 0 Å². The van der Waals surface area contributed by atoms with Crippen molar-refractivity contribution in [2.24, 2.45) is 0 Å². The van der Waals surface area contributed by atoms with Crippen molar-refractivity contribution in [1.82, 2.24) is 9.80 Å². The van der Waals surface area contributed by atoms with Gasteiger partial charge in [0.15, 0.2) is 0 Å². The van der Waals surface area contributed by atoms with Crippen molar-refractivity contribution >= 4 is 29.1 Å². The van der Waals surface area contributed by atoms with E-state index >= 15 is 0 Å². The molecule has 168 valence electrons. The van der Waals surface area contributed by atoms with Gasteiger partial charge in [-0.15, -0.1) is 0 Å². The molecule has 0 aromatic heterocycles. The lowest BCUT2D eigenvalue weighted by Gasteiger charge is -2.41. The summed E-state index contributed by atoms with van der Waals surface area (Å²) in [6, 6.07) is 27.8. The second-order valence-electron chi connectivity index (χ2n) is 8.53. The van der Waals surface area contributed by atoms with Crippen molar-refractivity contribution in [3.8, 4) is 0 Å². The molecule has 0 N–H and O–H groups in total. The number of piperazine rings is 1. The van der Waals surface area contributed by atoms with Gasteiger partial charge in [-0.3, -0.25) is 19.4 Å². The topological polar surface area (TPSA) is 43.9 Å². The van der Waals surface area contributed by atoms with Crippen LogP contribution in [0.25, 0.3) is 0 Å². The number of rotatable bonds is 5. The lowest BCUT2D eigenvalue weighted by molar-refractivity contribution is -0.123. The van der Waals surface area contributed by atoms with Gasteiger partial charge in [0.25, 0.3) is 5.91 Å². The van der Waals surface area contributed by atoms with Crippen LogP contribution in [-0.2, 0) is 9.59 Å². The first kappa shape index (κ1) is 21.8. The largest absolute Gasteiger partial charge is 0.290 e. The molecule has 2 aliphatic heterocycles. The third-order valence-corrected chi connectivity index (χ3v) is 6.92. The number of para-hydroxylation sites is 1. The number of benzene rings is 3. The molecule has 6 heteroatoms. The molecule has 2 fully saturated rings. The third kappa shape index (κ3) is 4.32. The van der Waals surface area contributed by atoms with Crippen LogP contribution in [0.15, 0.2) is 84.9 Å². The van der Waals surface area contributed by atoms with E-state index in [9.17, 15) is 9.59 Å². The summed E-state index contributed by atoms with van der Waals surface area (Å²) in [5.41, 5.74) is 2.99. The smallest absolute Gasteiger partial charge is 0.251 e. The van der Waals surface area contributed by atoms with Gasteiger partial charge in [-0.1, -0.05) is 84.4 Å². The fourth-order valence-electron chi connectivity index (χ4n) is 4.98. The van der Waals surface area contributed by atoms with Crippen LogP contribution >= 0.6 is 11.6 Å². The van der Waals surface area contributed by atoms with E-state index in [1.54, 1.807) is 24.3 Å². The van der Waals surface area contributed by atoms with Crippen LogP contribution in [0.3, 0.4) is 0 Å². The Bertz CT molecular complexity index is 1090. The van der Waals surface area contributed by atoms with Crippen molar-refractivity contribution in [3.05, 3.63) is 101 Å². The first-order valence-electron chi connectivity index (χ1n) is 11.3. The monoisotopic (exact) mass is 459 g/mol. The highest BCUT2D eigenvalue weighted by molar-refractivity contribution is 6.36. The molecule has 0 bridgehead atoms. The molecule has 0 radical (unpaired) electrons. The summed E-state index contributed by atoms with van der Waals surface area (Å²) in [6.45, 7) is 3.10. The molecule has 0 spiro atoms. The molecule has 0 unspecified atom stereocenters. The Morgan fingerprint density at radius 1 is 0.727 bits per heavy atom. The number of imide groups is 1. The maximum Gasteiger partial charge on any atom is 0.251 e. The standard InChI is InChI=1S/C27H26ClN3O2/c28-22-13-7-8-14-23(22)31-25(32)19-24(27(31)33)29-15-17-30(18-16-29)26(20-9-3-1-4-10-20)21-11-5-2-6-12-21/h1-14,24,26H,15-19H2/t24-/m0/s1. The molecule has 5 nitrogen and oxygen atoms in total. The molecule has 2 heterocycles. The minimum Gasteiger partial charge on any atom is -0.290 e. The van der Waals surface area contributed by atoms with E-state index in [1.165, 1.54) is 16.0 Å². The zero-order valence-corrected chi connectivity index (χ0v) is 19.1. The van der Waals surface area contributed by atoms with E-state index in [1.807, 2.05) is 12.1 Å². The van der Waals surface area contributed by atoms with Crippen molar-refractivity contribution in [2.45, 2.75) is 18.5 Å². The van der Waals surface area contributed by atoms with Crippen molar-refractivity contribution in [2.75, 3.05) is 31.1 Å². The van der Waals surface area contributed by atoms with Crippen molar-refractivity contribution in [1.29, 1.82) is 0 Å². The zero-order valence-electron chi connectivity index (χ0n) is 18.3. The number of anilines is 1. The molecule has 5 rings (SSSR count). The van der Waals surface area contributed by atoms with E-state index in [0.717, 1.165) is 26.2 Å². The van der Waals surface area contributed by atoms with Gasteiger partial charge in [0.1, 0.15) is 0 Å². The maximum absolute atomic E-state index is 13.2. The molecule has 33 heavy (non-hydrogen) atoms. The van der Waals surface area contributed by atoms with Crippen LogP contribution in [0.4, 0.5) is 5.69 Å². The summed E-state index contributed by atoms with van der Waals surface area (Å²) >= 11 is 6.27. The average Bonchev–Trinajstić information content (AvgIpc) is 3.15. The number of nitrogens with zero attached hydrogens (tertiary/aromatic N) is 3. The summed E-state index contributed by atoms with van der Waals surface area (Å²) in [4.78, 5) is 31.8. The van der Waals surface area contributed by atoms with E-state index in [4.69, 9.17) is 11.6 Å². The molecular weight excluding hydrogens is 434 g/mol. The van der Waals surface area contributed by atoms with E-state index in [2.05, 4.69) is 58.3 Å². The zero-order chi connectivity index (χ0) is 22.8. The molecule has 1 atom stereocenters. The summed E-state index contributed by atoms with van der Waals surface area (Å²) < 4.78 is 0. The van der Waals surface area contributed by atoms with Gasteiger partial charge in [-0.05, 0) is 23.3 Å². The average molecular weight is 460 g/mol. The maximum atomic E-state index is 13.2. The number of amides is 2. The third-order valence-electron chi connectivity index (χ3n) is 6.60. The number of hydrogen-bond donors (Lipinski definition) is 0. The second kappa shape index (κ2) is 9.48. The number of hydrogen-bond acceptors (Lipinski definition) is 4. The quantitative estimate of drug-likeness (QED) is 0.531. The Labute approximate surface area is 199 Å². The number of carbonyl (C=O) groups excluding carboxylic acids is 2. The molecule has 2 aliphatic rings. The molecule has 3 aromatic rings. The van der Waals surface area contributed by atoms with Gasteiger partial charge in [0.2, 0.25) is 5.91 Å². The van der Waals surface area contributed by atoms with E-state index in [-0.39, 0.29) is 24.3 Å². The van der Waals surface area contributed by atoms with Crippen molar-refractivity contribution in [3.63, 3.8) is 0 Å². The van der Waals surface area contributed by atoms with Gasteiger partial charge in [-0.2, -0.15) is 0 Å². The normalized spacial score (nSPS) is 20.1. The van der Waals surface area contributed by atoms with E-state index in [0.29, 0.717) is 10.7 Å². The SMILES string of the molecule is O=C1C[C@H](N2CCN(C(c3ccccc3)c3ccccc3)CC2)C(=O)N1c1ccccc1Cl. The van der Waals surface area contributed by atoms with Gasteiger partial charge in [0.05, 0.1) is 29.2 Å². The van der Waals surface area contributed by atoms with Crippen LogP contribution < -0.4 is 4.90 Å². The Hall–Kier alpha value is -2.99. The molecule has 2 saturated heterocycles. The highest BCUT2D eigenvalue weighted by Crippen LogP contribution is 2.33. The summed E-state index contributed by atoms with van der Waals surface area (Å²) in [5.74, 6) is -0.365. The fourth-order valence-corrected chi connectivity index (χ4v) is 5.20. The molecule has 0 aliphatic carbocycles. The minimum absolute atomic E-state index is 0.162. The number of carbonyl (C=O) groups is 2. The second-order valence-corrected chi connectivity index (χ2v) is 8.94. The van der Waals surface area contributed by atoms with E-state index < -0.39 is 6.04 Å². The van der Waals surface area contributed by atoms with Crippen LogP contribution in [0.2, 0.25) is 5.02 Å². The van der Waals surface area contributed by atoms with Gasteiger partial charge in [-0.25, -0.2) is 4.90 Å². The lowest BCUT2D eigenvalue weighted by Crippen LogP contribution is -2.53. The van der Waals surface area contributed by atoms with Gasteiger partial charge >= 0.3 is 0 Å². The summed E-state index contributed by atoms with van der Waals surface area (Å²) in [5, 5.41) is 0.415. The lowest BCUT2D eigenvalue weighted by atomic mass is 9.96. The predicted molar refractivity (Wildman–Crippen MR) is 130 cm³/mol. The molecule has 2 amide bonds. The Balaban J connectivity index is 1.32. The Kier molecular flexibility index (Phi) is 6.27. The van der Waals surface area contributed by atoms with Gasteiger partial charge in [0, 0.05) is 26.2 Å². The predicted octanol–water partition coefficient (Wildman–Crippen LogP) is 4.38. The van der Waals surface area contributed by atoms with Crippen molar-refractivity contribution < 1.29 is 9.59 Å². The Morgan fingerprint density at radius 2 is 1.27 bits per heavy atom. The van der Waals surface area contributed by atoms with Crippen LogP contribution in [0.5, 0.6) is 0 Å². The molecule has 0 saturated carbocycles. The highest BCUT2D eigenvalue weighted by atomic mass is 35.5. The fraction of sp³-hybridized carbons (Fsp3) is 0.259. The Morgan fingerprint density at radius 3 is 1.85 bits per heavy atom. The minimum atomic E-state index is -0.428. The summed E-state index contributed by atoms with van der Waals surface area (Å²) in [7, 11) is 0. The van der Waals surface area contributed by atoms with Gasteiger partial charge < -0.3 is 0 Å². The van der Waals surface area contributed by atoms with Crippen LogP contribution in [0.1, 0.15) is 23.6 Å². The first-order chi connectivity index (χ1) is 16.1. The summed E-state index contributed by atoms with van der Waals surface area (Å²) in [6.07, 6.45) is 0.199. The van der Waals surface area contributed by atoms with Crippen LogP contribution in [-0.4, -0.2) is 53.8 Å². The molecular formula is C27H26ClN3O2. The first-order valence-corrected chi connectivity index (χ1v) is 11.7. The highest BCUT2D eigenvalue weighted by Gasteiger charge is 2.44.